The van der Waals surface area contributed by atoms with E-state index in [-0.39, 0.29) is 0 Å². The molecular formula is C26H23N7. The van der Waals surface area contributed by atoms with Gasteiger partial charge in [0.1, 0.15) is 6.33 Å². The van der Waals surface area contributed by atoms with E-state index in [0.717, 1.165) is 48.0 Å². The van der Waals surface area contributed by atoms with Gasteiger partial charge in [-0.3, -0.25) is 0 Å². The summed E-state index contributed by atoms with van der Waals surface area (Å²) in [6.45, 7) is 2.98. The van der Waals surface area contributed by atoms with E-state index in [9.17, 15) is 0 Å². The van der Waals surface area contributed by atoms with Crippen LogP contribution < -0.4 is 10.2 Å². The van der Waals surface area contributed by atoms with Gasteiger partial charge in [0.05, 0.1) is 23.0 Å². The molecule has 3 aliphatic heterocycles. The van der Waals surface area contributed by atoms with Crippen LogP contribution >= 0.6 is 0 Å². The lowest BCUT2D eigenvalue weighted by atomic mass is 10.1. The van der Waals surface area contributed by atoms with Crippen LogP contribution in [-0.2, 0) is 6.54 Å². The second-order valence-corrected chi connectivity index (χ2v) is 9.14. The smallest absolute Gasteiger partial charge is 0.179 e. The fourth-order valence-electron chi connectivity index (χ4n) is 5.77. The van der Waals surface area contributed by atoms with Crippen LogP contribution in [-0.4, -0.2) is 44.5 Å². The number of benzene rings is 2. The highest BCUT2D eigenvalue weighted by Crippen LogP contribution is 2.36. The zero-order valence-electron chi connectivity index (χ0n) is 18.1. The minimum absolute atomic E-state index is 0.598. The van der Waals surface area contributed by atoms with Gasteiger partial charge < -0.3 is 14.8 Å². The summed E-state index contributed by atoms with van der Waals surface area (Å²) in [5.41, 5.74) is 7.56. The molecule has 2 aromatic carbocycles. The third kappa shape index (κ3) is 2.84. The number of hydrogen-bond acceptors (Lipinski definition) is 5. The van der Waals surface area contributed by atoms with Crippen molar-refractivity contribution < 1.29 is 0 Å². The van der Waals surface area contributed by atoms with Crippen molar-refractivity contribution in [1.82, 2.24) is 24.6 Å². The molecule has 0 aliphatic carbocycles. The lowest BCUT2D eigenvalue weighted by Crippen LogP contribution is -2.34. The maximum Gasteiger partial charge on any atom is 0.179 e. The van der Waals surface area contributed by atoms with E-state index in [1.165, 1.54) is 24.1 Å². The molecule has 0 saturated carbocycles. The van der Waals surface area contributed by atoms with E-state index in [2.05, 4.69) is 61.4 Å². The number of anilines is 1. The average Bonchev–Trinajstić information content (AvgIpc) is 3.62. The Bertz CT molecular complexity index is 1410. The van der Waals surface area contributed by atoms with Crippen molar-refractivity contribution in [2.75, 3.05) is 18.0 Å². The van der Waals surface area contributed by atoms with Crippen molar-refractivity contribution >= 4 is 5.69 Å². The van der Waals surface area contributed by atoms with Gasteiger partial charge in [0.15, 0.2) is 5.82 Å². The molecule has 2 saturated heterocycles. The maximum absolute atomic E-state index is 9.11. The number of rotatable bonds is 2. The molecular weight excluding hydrogens is 410 g/mol. The predicted molar refractivity (Wildman–Crippen MR) is 126 cm³/mol. The number of nitrogens with one attached hydrogen (secondary N) is 1. The second kappa shape index (κ2) is 7.06. The summed E-state index contributed by atoms with van der Waals surface area (Å²) >= 11 is 0. The van der Waals surface area contributed by atoms with Crippen molar-refractivity contribution in [3.63, 3.8) is 0 Å². The Morgan fingerprint density at radius 1 is 1.03 bits per heavy atom. The highest BCUT2D eigenvalue weighted by Gasteiger charge is 2.37. The van der Waals surface area contributed by atoms with Gasteiger partial charge >= 0.3 is 0 Å². The van der Waals surface area contributed by atoms with Crippen LogP contribution in [0.2, 0.25) is 0 Å². The number of nitrogens with zero attached hydrogens (tertiary/aromatic N) is 6. The molecule has 7 heteroatoms. The lowest BCUT2D eigenvalue weighted by Gasteiger charge is -2.26. The number of hydrogen-bond donors (Lipinski definition) is 1. The monoisotopic (exact) mass is 433 g/mol. The van der Waals surface area contributed by atoms with Crippen LogP contribution in [0.4, 0.5) is 5.69 Å². The van der Waals surface area contributed by atoms with Crippen LogP contribution in [0.1, 0.15) is 24.0 Å². The minimum atomic E-state index is 0.598. The first-order valence-corrected chi connectivity index (χ1v) is 11.5. The molecule has 0 bridgehead atoms. The summed E-state index contributed by atoms with van der Waals surface area (Å²) in [6.07, 6.45) is 6.24. The van der Waals surface area contributed by atoms with E-state index in [1.54, 1.807) is 6.33 Å². The number of fused-ring (bicyclic) bond motifs is 6. The van der Waals surface area contributed by atoms with E-state index in [0.29, 0.717) is 17.6 Å². The van der Waals surface area contributed by atoms with Gasteiger partial charge in [-0.1, -0.05) is 12.1 Å². The predicted octanol–water partition coefficient (Wildman–Crippen LogP) is 3.58. The molecule has 0 amide bonds. The Morgan fingerprint density at radius 2 is 1.94 bits per heavy atom. The second-order valence-electron chi connectivity index (χ2n) is 9.14. The van der Waals surface area contributed by atoms with E-state index >= 15 is 0 Å². The molecule has 0 radical (unpaired) electrons. The summed E-state index contributed by atoms with van der Waals surface area (Å²) in [7, 11) is 0. The summed E-state index contributed by atoms with van der Waals surface area (Å²) in [4.78, 5) is 7.18. The van der Waals surface area contributed by atoms with Gasteiger partial charge in [0, 0.05) is 42.6 Å². The van der Waals surface area contributed by atoms with Crippen molar-refractivity contribution in [3.05, 3.63) is 72.2 Å². The third-order valence-electron chi connectivity index (χ3n) is 7.38. The molecule has 4 aromatic rings. The van der Waals surface area contributed by atoms with E-state index in [4.69, 9.17) is 5.26 Å². The largest absolute Gasteiger partial charge is 0.367 e. The normalized spacial score (nSPS) is 20.5. The topological polar surface area (TPSA) is 74.7 Å². The molecule has 0 spiro atoms. The van der Waals surface area contributed by atoms with Crippen LogP contribution in [0.15, 0.2) is 61.1 Å². The molecule has 2 unspecified atom stereocenters. The molecule has 7 nitrogen and oxygen atoms in total. The molecule has 5 heterocycles. The summed E-state index contributed by atoms with van der Waals surface area (Å²) in [6, 6.07) is 20.1. The Kier molecular flexibility index (Phi) is 3.99. The zero-order valence-corrected chi connectivity index (χ0v) is 18.1. The van der Waals surface area contributed by atoms with Gasteiger partial charge in [-0.05, 0) is 66.9 Å². The molecule has 162 valence electrons. The Labute approximate surface area is 191 Å². The van der Waals surface area contributed by atoms with E-state index < -0.39 is 0 Å². The van der Waals surface area contributed by atoms with Gasteiger partial charge in [0.2, 0.25) is 0 Å². The average molecular weight is 434 g/mol. The molecule has 7 rings (SSSR count). The standard InChI is InChI=1S/C26H23N7/c27-13-17-1-3-18(4-2-17)19-12-25-26-29-16-30-33(26)23-6-5-21(11-20(23)15-31(25)14-19)32-10-8-22-24(32)7-9-28-22/h1-6,11-12,14,16,22,24,28H,7-10,15H2. The van der Waals surface area contributed by atoms with Gasteiger partial charge in [-0.15, -0.1) is 0 Å². The fraction of sp³-hybridized carbons (Fsp3) is 0.269. The van der Waals surface area contributed by atoms with Gasteiger partial charge in [0.25, 0.3) is 0 Å². The summed E-state index contributed by atoms with van der Waals surface area (Å²) in [5.74, 6) is 0.850. The quantitative estimate of drug-likeness (QED) is 0.461. The SMILES string of the molecule is N#Cc1ccc(-c2cc3n(c2)Cc2cc(N4CCC5NCCC54)ccc2-n2ncnc2-3)cc1. The highest BCUT2D eigenvalue weighted by molar-refractivity contribution is 5.72. The van der Waals surface area contributed by atoms with Crippen molar-refractivity contribution in [2.45, 2.75) is 31.5 Å². The van der Waals surface area contributed by atoms with Crippen LogP contribution in [0, 0.1) is 11.3 Å². The molecule has 1 N–H and O–H groups in total. The van der Waals surface area contributed by atoms with Crippen molar-refractivity contribution in [3.8, 4) is 34.4 Å². The first-order chi connectivity index (χ1) is 16.3. The molecule has 33 heavy (non-hydrogen) atoms. The minimum Gasteiger partial charge on any atom is -0.367 e. The van der Waals surface area contributed by atoms with Crippen molar-refractivity contribution in [2.24, 2.45) is 0 Å². The Balaban J connectivity index is 1.31. The van der Waals surface area contributed by atoms with Crippen molar-refractivity contribution in [1.29, 1.82) is 5.26 Å². The molecule has 2 aromatic heterocycles. The third-order valence-corrected chi connectivity index (χ3v) is 7.38. The van der Waals surface area contributed by atoms with Crippen LogP contribution in [0.25, 0.3) is 28.3 Å². The summed E-state index contributed by atoms with van der Waals surface area (Å²) in [5, 5.41) is 17.3. The zero-order chi connectivity index (χ0) is 21.9. The Morgan fingerprint density at radius 3 is 2.82 bits per heavy atom. The first kappa shape index (κ1) is 18.7. The Hall–Kier alpha value is -3.89. The fourth-order valence-corrected chi connectivity index (χ4v) is 5.77. The van der Waals surface area contributed by atoms with Gasteiger partial charge in [-0.2, -0.15) is 10.4 Å². The number of nitriles is 1. The lowest BCUT2D eigenvalue weighted by molar-refractivity contribution is 0.601. The van der Waals surface area contributed by atoms with E-state index in [1.807, 2.05) is 28.9 Å². The molecule has 3 aliphatic rings. The van der Waals surface area contributed by atoms with Crippen LogP contribution in [0.3, 0.4) is 0 Å². The van der Waals surface area contributed by atoms with Gasteiger partial charge in [-0.25, -0.2) is 9.67 Å². The summed E-state index contributed by atoms with van der Waals surface area (Å²) < 4.78 is 4.23. The highest BCUT2D eigenvalue weighted by atomic mass is 15.4. The number of aromatic nitrogens is 4. The molecule has 2 atom stereocenters. The first-order valence-electron chi connectivity index (χ1n) is 11.5. The maximum atomic E-state index is 9.11. The molecule has 2 fully saturated rings. The van der Waals surface area contributed by atoms with Crippen LogP contribution in [0.5, 0.6) is 0 Å².